The van der Waals surface area contributed by atoms with Crippen LogP contribution in [-0.4, -0.2) is 5.91 Å². The van der Waals surface area contributed by atoms with Gasteiger partial charge in [-0.2, -0.15) is 0 Å². The first-order chi connectivity index (χ1) is 8.99. The maximum absolute atomic E-state index is 12.3. The average Bonchev–Trinajstić information content (AvgIpc) is 2.37. The Morgan fingerprint density at radius 2 is 1.95 bits per heavy atom. The van der Waals surface area contributed by atoms with Crippen LogP contribution in [0, 0.1) is 6.92 Å². The van der Waals surface area contributed by atoms with Crippen molar-refractivity contribution < 1.29 is 4.79 Å². The summed E-state index contributed by atoms with van der Waals surface area (Å²) in [5.41, 5.74) is 8.57. The predicted molar refractivity (Wildman–Crippen MR) is 85.4 cm³/mol. The molecular weight excluding hydrogens is 372 g/mol. The van der Waals surface area contributed by atoms with Gasteiger partial charge in [0, 0.05) is 8.95 Å². The van der Waals surface area contributed by atoms with Gasteiger partial charge >= 0.3 is 0 Å². The van der Waals surface area contributed by atoms with Gasteiger partial charge in [0.15, 0.2) is 0 Å². The Balaban J connectivity index is 2.34. The third-order valence-electron chi connectivity index (χ3n) is 2.72. The van der Waals surface area contributed by atoms with E-state index in [0.29, 0.717) is 16.9 Å². The Labute approximate surface area is 128 Å². The van der Waals surface area contributed by atoms with Crippen LogP contribution in [0.2, 0.25) is 0 Å². The normalized spacial score (nSPS) is 10.3. The van der Waals surface area contributed by atoms with E-state index in [1.165, 1.54) is 0 Å². The van der Waals surface area contributed by atoms with E-state index in [-0.39, 0.29) is 5.91 Å². The van der Waals surface area contributed by atoms with Gasteiger partial charge in [0.1, 0.15) is 0 Å². The van der Waals surface area contributed by atoms with Crippen molar-refractivity contribution >= 4 is 49.1 Å². The third-order valence-corrected chi connectivity index (χ3v) is 3.90. The van der Waals surface area contributed by atoms with Crippen LogP contribution in [0.25, 0.3) is 0 Å². The van der Waals surface area contributed by atoms with E-state index in [4.69, 9.17) is 5.73 Å². The van der Waals surface area contributed by atoms with Gasteiger partial charge in [0.25, 0.3) is 5.91 Å². The Morgan fingerprint density at radius 1 is 1.21 bits per heavy atom. The molecule has 0 heterocycles. The lowest BCUT2D eigenvalue weighted by Crippen LogP contribution is -2.14. The van der Waals surface area contributed by atoms with Crippen molar-refractivity contribution in [3.8, 4) is 0 Å². The van der Waals surface area contributed by atoms with Crippen LogP contribution in [0.1, 0.15) is 15.9 Å². The fourth-order valence-corrected chi connectivity index (χ4v) is 2.50. The summed E-state index contributed by atoms with van der Waals surface area (Å²) in [6.07, 6.45) is 0. The van der Waals surface area contributed by atoms with E-state index in [1.807, 2.05) is 31.2 Å². The first-order valence-electron chi connectivity index (χ1n) is 5.60. The standard InChI is InChI=1S/C14H12Br2N2O/c1-8-3-2-4-12(17)13(8)18-14(19)10-7-9(15)5-6-11(10)16/h2-7H,17H2,1H3,(H,18,19). The lowest BCUT2D eigenvalue weighted by molar-refractivity contribution is 0.102. The van der Waals surface area contributed by atoms with Crippen LogP contribution in [0.5, 0.6) is 0 Å². The van der Waals surface area contributed by atoms with Crippen molar-refractivity contribution in [2.45, 2.75) is 6.92 Å². The second-order valence-electron chi connectivity index (χ2n) is 4.12. The number of benzene rings is 2. The largest absolute Gasteiger partial charge is 0.397 e. The fraction of sp³-hybridized carbons (Fsp3) is 0.0714. The van der Waals surface area contributed by atoms with E-state index in [2.05, 4.69) is 37.2 Å². The van der Waals surface area contributed by atoms with E-state index in [1.54, 1.807) is 12.1 Å². The van der Waals surface area contributed by atoms with Crippen molar-refractivity contribution in [1.29, 1.82) is 0 Å². The number of para-hydroxylation sites is 1. The number of hydrogen-bond donors (Lipinski definition) is 2. The first-order valence-corrected chi connectivity index (χ1v) is 7.19. The molecule has 3 N–H and O–H groups in total. The molecule has 3 nitrogen and oxygen atoms in total. The van der Waals surface area contributed by atoms with Crippen LogP contribution in [0.15, 0.2) is 45.3 Å². The molecule has 98 valence electrons. The van der Waals surface area contributed by atoms with Crippen LogP contribution in [-0.2, 0) is 0 Å². The lowest BCUT2D eigenvalue weighted by atomic mass is 10.1. The van der Waals surface area contributed by atoms with Crippen molar-refractivity contribution in [2.24, 2.45) is 0 Å². The first kappa shape index (κ1) is 14.1. The number of nitrogens with two attached hydrogens (primary N) is 1. The van der Waals surface area contributed by atoms with Crippen LogP contribution in [0.4, 0.5) is 11.4 Å². The van der Waals surface area contributed by atoms with Crippen LogP contribution in [0.3, 0.4) is 0 Å². The molecule has 0 atom stereocenters. The van der Waals surface area contributed by atoms with Crippen molar-refractivity contribution in [1.82, 2.24) is 0 Å². The number of nitrogen functional groups attached to an aromatic ring is 1. The zero-order valence-corrected chi connectivity index (χ0v) is 13.4. The highest BCUT2D eigenvalue weighted by Crippen LogP contribution is 2.26. The number of rotatable bonds is 2. The molecule has 2 rings (SSSR count). The number of aryl methyl sites for hydroxylation is 1. The summed E-state index contributed by atoms with van der Waals surface area (Å²) in [6.45, 7) is 1.90. The number of nitrogens with one attached hydrogen (secondary N) is 1. The summed E-state index contributed by atoms with van der Waals surface area (Å²) >= 11 is 6.72. The molecule has 0 saturated heterocycles. The number of amides is 1. The zero-order valence-electron chi connectivity index (χ0n) is 10.2. The minimum Gasteiger partial charge on any atom is -0.397 e. The summed E-state index contributed by atoms with van der Waals surface area (Å²) in [7, 11) is 0. The maximum Gasteiger partial charge on any atom is 0.256 e. The Kier molecular flexibility index (Phi) is 4.27. The molecule has 0 aliphatic heterocycles. The van der Waals surface area contributed by atoms with Gasteiger partial charge in [0.2, 0.25) is 0 Å². The third kappa shape index (κ3) is 3.16. The zero-order chi connectivity index (χ0) is 14.0. The second kappa shape index (κ2) is 5.75. The average molecular weight is 384 g/mol. The van der Waals surface area contributed by atoms with E-state index >= 15 is 0 Å². The number of carbonyl (C=O) groups is 1. The minimum absolute atomic E-state index is 0.200. The van der Waals surface area contributed by atoms with Crippen LogP contribution < -0.4 is 11.1 Å². The van der Waals surface area contributed by atoms with E-state index in [0.717, 1.165) is 14.5 Å². The lowest BCUT2D eigenvalue weighted by Gasteiger charge is -2.12. The molecular formula is C14H12Br2N2O. The number of anilines is 2. The van der Waals surface area contributed by atoms with Gasteiger partial charge in [0.05, 0.1) is 16.9 Å². The Bertz CT molecular complexity index is 621. The minimum atomic E-state index is -0.200. The highest BCUT2D eigenvalue weighted by atomic mass is 79.9. The monoisotopic (exact) mass is 382 g/mol. The van der Waals surface area contributed by atoms with Gasteiger partial charge in [-0.05, 0) is 52.7 Å². The summed E-state index contributed by atoms with van der Waals surface area (Å²) < 4.78 is 1.58. The highest BCUT2D eigenvalue weighted by molar-refractivity contribution is 9.11. The molecule has 0 fully saturated rings. The molecule has 19 heavy (non-hydrogen) atoms. The van der Waals surface area contributed by atoms with Crippen LogP contribution >= 0.6 is 31.9 Å². The molecule has 0 bridgehead atoms. The second-order valence-corrected chi connectivity index (χ2v) is 5.89. The van der Waals surface area contributed by atoms with E-state index < -0.39 is 0 Å². The fourth-order valence-electron chi connectivity index (χ4n) is 1.71. The molecule has 0 unspecified atom stereocenters. The number of hydrogen-bond acceptors (Lipinski definition) is 2. The molecule has 0 saturated carbocycles. The maximum atomic E-state index is 12.3. The molecule has 0 aliphatic carbocycles. The van der Waals surface area contributed by atoms with Gasteiger partial charge in [-0.3, -0.25) is 4.79 Å². The molecule has 0 spiro atoms. The highest BCUT2D eigenvalue weighted by Gasteiger charge is 2.13. The summed E-state index contributed by atoms with van der Waals surface area (Å²) in [4.78, 5) is 12.3. The number of carbonyl (C=O) groups excluding carboxylic acids is 1. The molecule has 1 amide bonds. The van der Waals surface area contributed by atoms with Crippen molar-refractivity contribution in [3.63, 3.8) is 0 Å². The Morgan fingerprint density at radius 3 is 2.63 bits per heavy atom. The molecule has 0 aromatic heterocycles. The van der Waals surface area contributed by atoms with Crippen molar-refractivity contribution in [3.05, 3.63) is 56.5 Å². The van der Waals surface area contributed by atoms with Gasteiger partial charge in [-0.1, -0.05) is 28.1 Å². The molecule has 0 aliphatic rings. The summed E-state index contributed by atoms with van der Waals surface area (Å²) in [5, 5.41) is 2.85. The quantitative estimate of drug-likeness (QED) is 0.757. The number of halogens is 2. The topological polar surface area (TPSA) is 55.1 Å². The van der Waals surface area contributed by atoms with Gasteiger partial charge < -0.3 is 11.1 Å². The van der Waals surface area contributed by atoms with Gasteiger partial charge in [-0.15, -0.1) is 0 Å². The van der Waals surface area contributed by atoms with E-state index in [9.17, 15) is 4.79 Å². The van der Waals surface area contributed by atoms with Crippen molar-refractivity contribution in [2.75, 3.05) is 11.1 Å². The Hall–Kier alpha value is -1.33. The molecule has 0 radical (unpaired) electrons. The molecule has 2 aromatic carbocycles. The predicted octanol–water partition coefficient (Wildman–Crippen LogP) is 4.35. The molecule has 5 heteroatoms. The summed E-state index contributed by atoms with van der Waals surface area (Å²) in [6, 6.07) is 11.0. The van der Waals surface area contributed by atoms with Gasteiger partial charge in [-0.25, -0.2) is 0 Å². The summed E-state index contributed by atoms with van der Waals surface area (Å²) in [5.74, 6) is -0.200. The SMILES string of the molecule is Cc1cccc(N)c1NC(=O)c1cc(Br)ccc1Br. The molecule has 2 aromatic rings. The smallest absolute Gasteiger partial charge is 0.256 e.